The van der Waals surface area contributed by atoms with Crippen LogP contribution in [0.1, 0.15) is 29.2 Å². The molecule has 3 N–H and O–H groups in total. The van der Waals surface area contributed by atoms with Gasteiger partial charge in [0.2, 0.25) is 0 Å². The van der Waals surface area contributed by atoms with E-state index in [4.69, 9.17) is 5.73 Å². The number of pyridine rings is 1. The van der Waals surface area contributed by atoms with Crippen LogP contribution in [0.5, 0.6) is 0 Å². The minimum atomic E-state index is -2.41. The van der Waals surface area contributed by atoms with Crippen LogP contribution in [0.4, 0.5) is 13.9 Å². The van der Waals surface area contributed by atoms with E-state index in [0.29, 0.717) is 17.2 Å². The zero-order valence-corrected chi connectivity index (χ0v) is 17.4. The van der Waals surface area contributed by atoms with Gasteiger partial charge in [0.05, 0.1) is 22.3 Å². The fraction of sp³-hybridized carbons (Fsp3) is 0.217. The Balaban J connectivity index is 1.68. The number of nitrogens with one attached hydrogen (secondary N) is 1. The van der Waals surface area contributed by atoms with Gasteiger partial charge >= 0.3 is 0 Å². The Hall–Kier alpha value is -3.06. The van der Waals surface area contributed by atoms with Crippen molar-refractivity contribution in [2.24, 2.45) is 5.73 Å². The fourth-order valence-electron chi connectivity index (χ4n) is 3.58. The monoisotopic (exact) mass is 424 g/mol. The zero-order valence-electron chi connectivity index (χ0n) is 16.6. The van der Waals surface area contributed by atoms with Gasteiger partial charge in [0.1, 0.15) is 0 Å². The van der Waals surface area contributed by atoms with E-state index in [1.54, 1.807) is 0 Å². The number of nitrogens with two attached hydrogens (primary N) is 1. The Morgan fingerprint density at radius 2 is 2.00 bits per heavy atom. The third kappa shape index (κ3) is 4.11. The smallest absolute Gasteiger partial charge is 0.255 e. The summed E-state index contributed by atoms with van der Waals surface area (Å²) in [5.74, 6) is 0. The maximum absolute atomic E-state index is 12.4. The van der Waals surface area contributed by atoms with E-state index in [1.807, 2.05) is 24.4 Å². The maximum atomic E-state index is 12.4. The quantitative estimate of drug-likeness (QED) is 0.405. The summed E-state index contributed by atoms with van der Waals surface area (Å²) in [5.41, 5.74) is 12.7. The molecule has 0 atom stereocenters. The Kier molecular flexibility index (Phi) is 5.63. The first kappa shape index (κ1) is 20.2. The molecule has 4 rings (SSSR count). The van der Waals surface area contributed by atoms with E-state index in [-0.39, 0.29) is 0 Å². The van der Waals surface area contributed by atoms with Crippen molar-refractivity contribution in [3.05, 3.63) is 71.4 Å². The lowest BCUT2D eigenvalue weighted by Gasteiger charge is -2.12. The molecule has 0 saturated heterocycles. The highest BCUT2D eigenvalue weighted by molar-refractivity contribution is 7.22. The second kappa shape index (κ2) is 8.36. The van der Waals surface area contributed by atoms with Gasteiger partial charge in [0, 0.05) is 22.8 Å². The van der Waals surface area contributed by atoms with E-state index in [0.717, 1.165) is 49.8 Å². The molecule has 0 radical (unpaired) electrons. The maximum Gasteiger partial charge on any atom is 0.255 e. The number of rotatable bonds is 7. The number of anilines is 1. The molecular weight excluding hydrogens is 402 g/mol. The van der Waals surface area contributed by atoms with Crippen molar-refractivity contribution in [1.29, 1.82) is 0 Å². The molecule has 2 aromatic carbocycles. The van der Waals surface area contributed by atoms with Crippen LogP contribution < -0.4 is 11.1 Å². The van der Waals surface area contributed by atoms with Crippen molar-refractivity contribution in [1.82, 2.24) is 9.97 Å². The number of hydrogen-bond donors (Lipinski definition) is 2. The first-order chi connectivity index (χ1) is 14.4. The number of halogens is 2. The third-order valence-electron chi connectivity index (χ3n) is 5.04. The Labute approximate surface area is 177 Å². The summed E-state index contributed by atoms with van der Waals surface area (Å²) >= 11 is 1.38. The van der Waals surface area contributed by atoms with Gasteiger partial charge in [-0.3, -0.25) is 4.98 Å². The van der Waals surface area contributed by atoms with Crippen LogP contribution in [-0.4, -0.2) is 22.9 Å². The minimum Gasteiger partial charge on any atom is -0.399 e. The summed E-state index contributed by atoms with van der Waals surface area (Å²) in [5, 5.41) is 4.25. The van der Waals surface area contributed by atoms with Gasteiger partial charge in [0.15, 0.2) is 5.13 Å². The topological polar surface area (TPSA) is 63.8 Å². The molecule has 0 spiro atoms. The van der Waals surface area contributed by atoms with Gasteiger partial charge in [-0.1, -0.05) is 30.9 Å². The Bertz CT molecular complexity index is 1230. The number of alkyl halides is 2. The average Bonchev–Trinajstić information content (AvgIpc) is 3.13. The molecule has 0 saturated carbocycles. The van der Waals surface area contributed by atoms with E-state index in [9.17, 15) is 8.78 Å². The minimum absolute atomic E-state index is 0.399. The summed E-state index contributed by atoms with van der Waals surface area (Å²) in [6, 6.07) is 12.2. The van der Waals surface area contributed by atoms with Gasteiger partial charge in [-0.15, -0.1) is 0 Å². The van der Waals surface area contributed by atoms with Crippen molar-refractivity contribution in [3.63, 3.8) is 0 Å². The van der Waals surface area contributed by atoms with Crippen molar-refractivity contribution in [3.8, 4) is 0 Å². The van der Waals surface area contributed by atoms with E-state index in [2.05, 4.69) is 47.0 Å². The molecule has 0 aliphatic heterocycles. The summed E-state index contributed by atoms with van der Waals surface area (Å²) in [4.78, 5) is 8.91. The second-order valence-corrected chi connectivity index (χ2v) is 8.18. The number of fused-ring (bicyclic) bond motifs is 2. The van der Waals surface area contributed by atoms with Crippen LogP contribution in [-0.2, 0) is 12.8 Å². The highest BCUT2D eigenvalue weighted by Gasteiger charge is 2.11. The van der Waals surface area contributed by atoms with Gasteiger partial charge in [-0.2, -0.15) is 0 Å². The largest absolute Gasteiger partial charge is 0.399 e. The van der Waals surface area contributed by atoms with E-state index in [1.165, 1.54) is 11.3 Å². The molecule has 2 heterocycles. The Morgan fingerprint density at radius 3 is 2.73 bits per heavy atom. The van der Waals surface area contributed by atoms with Crippen molar-refractivity contribution in [2.45, 2.75) is 26.2 Å². The summed E-state index contributed by atoms with van der Waals surface area (Å²) in [7, 11) is 0. The van der Waals surface area contributed by atoms with Crippen LogP contribution in [0.15, 0.2) is 49.2 Å². The molecule has 0 unspecified atom stereocenters. The summed E-state index contributed by atoms with van der Waals surface area (Å²) in [6.45, 7) is 5.61. The molecule has 0 bridgehead atoms. The molecule has 0 aliphatic rings. The van der Waals surface area contributed by atoms with Crippen LogP contribution >= 0.6 is 11.3 Å². The molecular formula is C23H22F2N4S. The molecule has 4 aromatic rings. The normalized spacial score (nSPS) is 11.5. The Morgan fingerprint density at radius 1 is 1.17 bits per heavy atom. The average molecular weight is 425 g/mol. The van der Waals surface area contributed by atoms with E-state index >= 15 is 0 Å². The molecule has 0 amide bonds. The number of aromatic nitrogens is 2. The highest BCUT2D eigenvalue weighted by atomic mass is 32.1. The third-order valence-corrected chi connectivity index (χ3v) is 6.01. The molecule has 30 heavy (non-hydrogen) atoms. The first-order valence-corrected chi connectivity index (χ1v) is 10.5. The van der Waals surface area contributed by atoms with Gasteiger partial charge in [-0.05, 0) is 59.9 Å². The first-order valence-electron chi connectivity index (χ1n) is 9.71. The lowest BCUT2D eigenvalue weighted by atomic mass is 9.95. The van der Waals surface area contributed by atoms with E-state index < -0.39 is 13.0 Å². The predicted octanol–water partition coefficient (Wildman–Crippen LogP) is 5.60. The molecule has 0 aliphatic carbocycles. The summed E-state index contributed by atoms with van der Waals surface area (Å²) in [6.07, 6.45) is 0.993. The molecule has 2 aromatic heterocycles. The SMILES string of the molecule is C=C(N)c1cc2c(Cc3ccc4nc(NCC(F)F)sc4c3)ccnc2cc1CC. The predicted molar refractivity (Wildman–Crippen MR) is 121 cm³/mol. The molecule has 0 fully saturated rings. The molecule has 7 heteroatoms. The van der Waals surface area contributed by atoms with Crippen LogP contribution in [0.2, 0.25) is 0 Å². The lowest BCUT2D eigenvalue weighted by molar-refractivity contribution is 0.163. The van der Waals surface area contributed by atoms with Gasteiger partial charge in [-0.25, -0.2) is 13.8 Å². The van der Waals surface area contributed by atoms with Crippen LogP contribution in [0, 0.1) is 0 Å². The number of benzene rings is 2. The van der Waals surface area contributed by atoms with Gasteiger partial charge in [0.25, 0.3) is 6.43 Å². The number of thiazole rings is 1. The van der Waals surface area contributed by atoms with Gasteiger partial charge < -0.3 is 11.1 Å². The number of nitrogens with zero attached hydrogens (tertiary/aromatic N) is 2. The standard InChI is InChI=1S/C23H22F2N4S/c1-3-15-10-20-18(11-17(15)13(2)26)16(6-7-27-20)8-14-4-5-19-21(9-14)30-23(29-19)28-12-22(24)25/h4-7,9-11,22H,2-3,8,12,26H2,1H3,(H,28,29). The number of hydrogen-bond acceptors (Lipinski definition) is 5. The van der Waals surface area contributed by atoms with Crippen molar-refractivity contribution >= 4 is 43.3 Å². The van der Waals surface area contributed by atoms with Crippen molar-refractivity contribution in [2.75, 3.05) is 11.9 Å². The molecule has 154 valence electrons. The molecule has 4 nitrogen and oxygen atoms in total. The van der Waals surface area contributed by atoms with Crippen molar-refractivity contribution < 1.29 is 8.78 Å². The summed E-state index contributed by atoms with van der Waals surface area (Å²) < 4.78 is 25.8. The number of aryl methyl sites for hydroxylation is 1. The lowest BCUT2D eigenvalue weighted by Crippen LogP contribution is -2.09. The van der Waals surface area contributed by atoms with Crippen LogP contribution in [0.25, 0.3) is 26.8 Å². The van der Waals surface area contributed by atoms with Crippen LogP contribution in [0.3, 0.4) is 0 Å². The highest BCUT2D eigenvalue weighted by Crippen LogP contribution is 2.30. The second-order valence-electron chi connectivity index (χ2n) is 7.15. The fourth-order valence-corrected chi connectivity index (χ4v) is 4.51. The zero-order chi connectivity index (χ0) is 21.3.